The van der Waals surface area contributed by atoms with Crippen molar-refractivity contribution in [3.05, 3.63) is 17.4 Å². The second-order valence-electron chi connectivity index (χ2n) is 5.57. The summed E-state index contributed by atoms with van der Waals surface area (Å²) in [5.74, 6) is 0.0871. The van der Waals surface area contributed by atoms with Crippen molar-refractivity contribution < 1.29 is 18.0 Å². The standard InChI is InChI=1S/C16H20ClF3N4OS/c1-2-23(14(25)5-8-26-9-6-16(18,19)20)13-11-24(22-15(13)17)12-4-3-7-21-10-12/h4,10-11H,2-3,5-9H2,1H3. The van der Waals surface area contributed by atoms with Gasteiger partial charge in [-0.1, -0.05) is 17.7 Å². The highest BCUT2D eigenvalue weighted by Crippen LogP contribution is 2.27. The molecule has 10 heteroatoms. The fourth-order valence-electron chi connectivity index (χ4n) is 2.37. The Balaban J connectivity index is 1.95. The molecule has 0 bridgehead atoms. The summed E-state index contributed by atoms with van der Waals surface area (Å²) in [6.45, 7) is 2.94. The zero-order valence-corrected chi connectivity index (χ0v) is 15.9. The van der Waals surface area contributed by atoms with Crippen molar-refractivity contribution in [3.8, 4) is 0 Å². The molecule has 0 radical (unpaired) electrons. The van der Waals surface area contributed by atoms with Crippen LogP contribution in [-0.2, 0) is 4.79 Å². The summed E-state index contributed by atoms with van der Waals surface area (Å²) in [5, 5.41) is 4.42. The molecule has 1 aromatic heterocycles. The van der Waals surface area contributed by atoms with Crippen molar-refractivity contribution >= 4 is 46.9 Å². The van der Waals surface area contributed by atoms with Gasteiger partial charge in [0.05, 0.1) is 18.3 Å². The number of alkyl halides is 3. The number of thioether (sulfide) groups is 1. The van der Waals surface area contributed by atoms with Crippen LogP contribution < -0.4 is 4.90 Å². The summed E-state index contributed by atoms with van der Waals surface area (Å²) in [4.78, 5) is 18.1. The van der Waals surface area contributed by atoms with Crippen LogP contribution in [0.2, 0.25) is 5.15 Å². The van der Waals surface area contributed by atoms with E-state index in [0.717, 1.165) is 30.4 Å². The third kappa shape index (κ3) is 6.05. The van der Waals surface area contributed by atoms with E-state index in [1.165, 1.54) is 4.90 Å². The molecule has 144 valence electrons. The summed E-state index contributed by atoms with van der Waals surface area (Å²) < 4.78 is 37.9. The number of halogens is 4. The first-order valence-electron chi connectivity index (χ1n) is 8.22. The van der Waals surface area contributed by atoms with Crippen LogP contribution in [0, 0.1) is 0 Å². The number of hydrogen-bond acceptors (Lipinski definition) is 4. The number of hydrogen-bond donors (Lipinski definition) is 0. The maximum absolute atomic E-state index is 12.4. The van der Waals surface area contributed by atoms with Crippen molar-refractivity contribution in [1.82, 2.24) is 9.78 Å². The maximum Gasteiger partial charge on any atom is 0.389 e. The molecule has 0 aliphatic carbocycles. The molecule has 26 heavy (non-hydrogen) atoms. The number of carbonyl (C=O) groups excluding carboxylic acids is 1. The van der Waals surface area contributed by atoms with Gasteiger partial charge < -0.3 is 4.90 Å². The van der Waals surface area contributed by atoms with Gasteiger partial charge >= 0.3 is 6.18 Å². The second kappa shape index (κ2) is 9.45. The van der Waals surface area contributed by atoms with E-state index in [-0.39, 0.29) is 23.2 Å². The van der Waals surface area contributed by atoms with Gasteiger partial charge in [-0.05, 0) is 13.3 Å². The van der Waals surface area contributed by atoms with Crippen molar-refractivity contribution in [3.63, 3.8) is 0 Å². The number of rotatable bonds is 8. The first-order chi connectivity index (χ1) is 12.3. The number of allylic oxidation sites excluding steroid dienone is 1. The maximum atomic E-state index is 12.4. The monoisotopic (exact) mass is 408 g/mol. The Bertz CT molecular complexity index is 688. The lowest BCUT2D eigenvalue weighted by molar-refractivity contribution is -0.129. The van der Waals surface area contributed by atoms with Gasteiger partial charge in [-0.15, -0.1) is 0 Å². The topological polar surface area (TPSA) is 50.5 Å². The summed E-state index contributed by atoms with van der Waals surface area (Å²) in [7, 11) is 0. The van der Waals surface area contributed by atoms with E-state index in [4.69, 9.17) is 11.6 Å². The Kier molecular flexibility index (Phi) is 7.57. The number of aromatic nitrogens is 2. The Hall–Kier alpha value is -1.48. The van der Waals surface area contributed by atoms with Gasteiger partial charge in [0.15, 0.2) is 5.15 Å². The molecule has 1 aromatic rings. The van der Waals surface area contributed by atoms with E-state index in [1.807, 2.05) is 13.0 Å². The number of amides is 1. The van der Waals surface area contributed by atoms with Crippen LogP contribution >= 0.6 is 23.4 Å². The average molecular weight is 409 g/mol. The van der Waals surface area contributed by atoms with E-state index in [1.54, 1.807) is 17.1 Å². The minimum atomic E-state index is -4.16. The van der Waals surface area contributed by atoms with E-state index >= 15 is 0 Å². The van der Waals surface area contributed by atoms with Crippen molar-refractivity contribution in [1.29, 1.82) is 0 Å². The fourth-order valence-corrected chi connectivity index (χ4v) is 3.50. The fraction of sp³-hybridized carbons (Fsp3) is 0.562. The molecule has 1 aliphatic heterocycles. The first kappa shape index (κ1) is 20.8. The number of aliphatic imine (C=N–C) groups is 1. The molecular formula is C16H20ClF3N4OS. The third-order valence-electron chi connectivity index (χ3n) is 3.65. The highest BCUT2D eigenvalue weighted by Gasteiger charge is 2.26. The molecule has 0 fully saturated rings. The quantitative estimate of drug-likeness (QED) is 0.603. The first-order valence-corrected chi connectivity index (χ1v) is 9.75. The van der Waals surface area contributed by atoms with Crippen LogP contribution in [0.15, 0.2) is 17.3 Å². The summed E-state index contributed by atoms with van der Waals surface area (Å²) in [5.41, 5.74) is 1.27. The Labute approximate surface area is 159 Å². The SMILES string of the molecule is CCN(C(=O)CCSCCC(F)(F)F)c1cn(C2=CCCN=C2)nc1Cl. The molecular weight excluding hydrogens is 389 g/mol. The van der Waals surface area contributed by atoms with Crippen LogP contribution in [-0.4, -0.2) is 52.7 Å². The third-order valence-corrected chi connectivity index (χ3v) is 4.90. The molecule has 0 saturated carbocycles. The number of anilines is 1. The Morgan fingerprint density at radius 2 is 2.19 bits per heavy atom. The molecule has 5 nitrogen and oxygen atoms in total. The molecule has 0 saturated heterocycles. The highest BCUT2D eigenvalue weighted by atomic mass is 35.5. The van der Waals surface area contributed by atoms with Gasteiger partial charge in [-0.3, -0.25) is 9.79 Å². The van der Waals surface area contributed by atoms with Crippen LogP contribution in [0.3, 0.4) is 0 Å². The zero-order valence-electron chi connectivity index (χ0n) is 14.3. The molecule has 0 spiro atoms. The number of nitrogens with zero attached hydrogens (tertiary/aromatic N) is 4. The zero-order chi connectivity index (χ0) is 19.2. The lowest BCUT2D eigenvalue weighted by Gasteiger charge is -2.19. The molecule has 0 atom stereocenters. The smallest absolute Gasteiger partial charge is 0.308 e. The van der Waals surface area contributed by atoms with Gasteiger partial charge in [-0.2, -0.15) is 30.0 Å². The average Bonchev–Trinajstić information content (AvgIpc) is 2.97. The van der Waals surface area contributed by atoms with Gasteiger partial charge in [0.25, 0.3) is 0 Å². The van der Waals surface area contributed by atoms with E-state index in [9.17, 15) is 18.0 Å². The molecule has 0 aromatic carbocycles. The van der Waals surface area contributed by atoms with Crippen LogP contribution in [0.4, 0.5) is 18.9 Å². The predicted octanol–water partition coefficient (Wildman–Crippen LogP) is 4.28. The lowest BCUT2D eigenvalue weighted by atomic mass is 10.3. The Morgan fingerprint density at radius 1 is 1.42 bits per heavy atom. The highest BCUT2D eigenvalue weighted by molar-refractivity contribution is 7.99. The van der Waals surface area contributed by atoms with Gasteiger partial charge in [0, 0.05) is 37.2 Å². The number of dihydropyridines is 1. The predicted molar refractivity (Wildman–Crippen MR) is 100 cm³/mol. The van der Waals surface area contributed by atoms with Gasteiger partial charge in [-0.25, -0.2) is 4.68 Å². The van der Waals surface area contributed by atoms with Gasteiger partial charge in [0.2, 0.25) is 5.91 Å². The minimum Gasteiger partial charge on any atom is -0.308 e. The largest absolute Gasteiger partial charge is 0.389 e. The van der Waals surface area contributed by atoms with Crippen LogP contribution in [0.25, 0.3) is 5.70 Å². The molecule has 0 unspecified atom stereocenters. The van der Waals surface area contributed by atoms with E-state index in [0.29, 0.717) is 18.0 Å². The summed E-state index contributed by atoms with van der Waals surface area (Å²) >= 11 is 7.30. The minimum absolute atomic E-state index is 0.0465. The molecule has 1 amide bonds. The molecule has 1 aliphatic rings. The second-order valence-corrected chi connectivity index (χ2v) is 7.15. The van der Waals surface area contributed by atoms with Crippen molar-refractivity contribution in [2.45, 2.75) is 32.4 Å². The van der Waals surface area contributed by atoms with E-state index in [2.05, 4.69) is 10.1 Å². The number of carbonyl (C=O) groups is 1. The van der Waals surface area contributed by atoms with Gasteiger partial charge in [0.1, 0.15) is 5.69 Å². The lowest BCUT2D eigenvalue weighted by Crippen LogP contribution is -2.30. The molecule has 0 N–H and O–H groups in total. The summed E-state index contributed by atoms with van der Waals surface area (Å²) in [6.07, 6.45) is 1.29. The van der Waals surface area contributed by atoms with E-state index < -0.39 is 12.6 Å². The van der Waals surface area contributed by atoms with Crippen LogP contribution in [0.1, 0.15) is 26.2 Å². The normalized spacial score (nSPS) is 14.4. The molecule has 2 heterocycles. The van der Waals surface area contributed by atoms with Crippen LogP contribution in [0.5, 0.6) is 0 Å². The summed E-state index contributed by atoms with van der Waals surface area (Å²) in [6, 6.07) is 0. The van der Waals surface area contributed by atoms with Crippen molar-refractivity contribution in [2.75, 3.05) is 29.5 Å². The van der Waals surface area contributed by atoms with Crippen molar-refractivity contribution in [2.24, 2.45) is 4.99 Å². The molecule has 2 rings (SSSR count). The Morgan fingerprint density at radius 3 is 2.81 bits per heavy atom.